The molecule has 580 valence electrons. The van der Waals surface area contributed by atoms with Gasteiger partial charge in [-0.2, -0.15) is 0 Å². The second-order valence-corrected chi connectivity index (χ2v) is 28.6. The monoisotopic (exact) mass is 1420 g/mol. The van der Waals surface area contributed by atoms with Crippen LogP contribution in [0.5, 0.6) is 0 Å². The van der Waals surface area contributed by atoms with Gasteiger partial charge in [-0.05, 0) is 44.9 Å². The van der Waals surface area contributed by atoms with E-state index in [0.29, 0.717) is 12.8 Å². The first kappa shape index (κ1) is 90.4. The highest BCUT2D eigenvalue weighted by Crippen LogP contribution is 2.39. The van der Waals surface area contributed by atoms with Crippen molar-refractivity contribution in [2.75, 3.05) is 26.4 Å². The first-order chi connectivity index (χ1) is 47.9. The molecule has 2 amide bonds. The zero-order valence-electron chi connectivity index (χ0n) is 61.1. The number of hydrogen-bond donors (Lipinski definition) is 14. The molecule has 0 aromatic carbocycles. The van der Waals surface area contributed by atoms with Gasteiger partial charge in [-0.15, -0.1) is 0 Å². The third-order valence-corrected chi connectivity index (χ3v) is 19.9. The van der Waals surface area contributed by atoms with Crippen molar-refractivity contribution < 1.29 is 104 Å². The number of carbonyl (C=O) groups excluding carboxylic acids is 2. The molecule has 99 heavy (non-hydrogen) atoms. The van der Waals surface area contributed by atoms with E-state index in [2.05, 4.69) is 36.6 Å². The maximum absolute atomic E-state index is 13.5. The van der Waals surface area contributed by atoms with Crippen LogP contribution in [-0.4, -0.2) is 215 Å². The predicted molar refractivity (Wildman–Crippen MR) is 380 cm³/mol. The lowest BCUT2D eigenvalue weighted by Gasteiger charge is -2.50. The minimum Gasteiger partial charge on any atom is -0.477 e. The molecule has 3 fully saturated rings. The Morgan fingerprint density at radius 2 is 0.949 bits per heavy atom. The molecule has 3 rings (SSSR count). The first-order valence-electron chi connectivity index (χ1n) is 39.2. The molecule has 3 heterocycles. The molecule has 0 aliphatic carbocycles. The lowest BCUT2D eigenvalue weighted by Crippen LogP contribution is -2.70. The molecule has 23 nitrogen and oxygen atoms in total. The van der Waals surface area contributed by atoms with Crippen molar-refractivity contribution in [3.8, 4) is 0 Å². The number of amides is 2. The van der Waals surface area contributed by atoms with Crippen LogP contribution in [0.4, 0.5) is 0 Å². The van der Waals surface area contributed by atoms with Gasteiger partial charge in [0.15, 0.2) is 12.6 Å². The van der Waals surface area contributed by atoms with Gasteiger partial charge >= 0.3 is 5.97 Å². The van der Waals surface area contributed by atoms with Crippen LogP contribution in [0.1, 0.15) is 303 Å². The number of unbranched alkanes of at least 4 members (excludes halogenated alkanes) is 39. The summed E-state index contributed by atoms with van der Waals surface area (Å²) >= 11 is 0. The van der Waals surface area contributed by atoms with Crippen LogP contribution in [0, 0.1) is 0 Å². The predicted octanol–water partition coefficient (Wildman–Crippen LogP) is 9.57. The SMILES string of the molecule is CCCCCCCCCCCCCC/C=C\CCCCCCCCCC(=O)NC(COC1OC(CO)C(OC2OC(CO)C(O)C(OC3(C(=O)O)CC(O)C(NC(C)=O)C(C(O)C(O)CO)O3)C2O)C(O)C1O)C(O)/C=C/CCCCCCCCCCCCCCCCCCCCCC. The highest BCUT2D eigenvalue weighted by molar-refractivity contribution is 5.77. The van der Waals surface area contributed by atoms with Gasteiger partial charge < -0.3 is 100 Å². The number of hydrogen-bond acceptors (Lipinski definition) is 20. The number of ether oxygens (including phenoxy) is 6. The summed E-state index contributed by atoms with van der Waals surface area (Å²) in [5, 5.41) is 136. The third-order valence-electron chi connectivity index (χ3n) is 19.9. The van der Waals surface area contributed by atoms with Gasteiger partial charge in [-0.3, -0.25) is 9.59 Å². The number of aliphatic carboxylic acids is 1. The van der Waals surface area contributed by atoms with Gasteiger partial charge in [-0.1, -0.05) is 263 Å². The molecule has 14 N–H and O–H groups in total. The smallest absolute Gasteiger partial charge is 0.364 e. The third kappa shape index (κ3) is 36.7. The Morgan fingerprint density at radius 1 is 0.525 bits per heavy atom. The Labute approximate surface area is 594 Å². The first-order valence-corrected chi connectivity index (χ1v) is 39.2. The fraction of sp³-hybridized carbons (Fsp3) is 0.908. The van der Waals surface area contributed by atoms with Crippen LogP contribution < -0.4 is 10.6 Å². The summed E-state index contributed by atoms with van der Waals surface area (Å²) in [6.45, 7) is 2.18. The minimum absolute atomic E-state index is 0.197. The summed E-state index contributed by atoms with van der Waals surface area (Å²) in [7, 11) is 0. The molecule has 0 spiro atoms. The van der Waals surface area contributed by atoms with Gasteiger partial charge in [0.1, 0.15) is 67.1 Å². The number of nitrogens with one attached hydrogen (secondary N) is 2. The van der Waals surface area contributed by atoms with E-state index in [1.54, 1.807) is 6.08 Å². The summed E-state index contributed by atoms with van der Waals surface area (Å²) in [4.78, 5) is 38.7. The largest absolute Gasteiger partial charge is 0.477 e. The molecule has 0 saturated carbocycles. The van der Waals surface area contributed by atoms with Crippen molar-refractivity contribution in [1.82, 2.24) is 10.6 Å². The van der Waals surface area contributed by atoms with E-state index < -0.39 is 155 Å². The van der Waals surface area contributed by atoms with Crippen LogP contribution in [-0.2, 0) is 42.8 Å². The van der Waals surface area contributed by atoms with Crippen molar-refractivity contribution >= 4 is 17.8 Å². The number of carboxylic acids is 1. The number of carboxylic acid groups (broad SMARTS) is 1. The van der Waals surface area contributed by atoms with E-state index in [4.69, 9.17) is 28.4 Å². The van der Waals surface area contributed by atoms with Crippen molar-refractivity contribution in [1.29, 1.82) is 0 Å². The van der Waals surface area contributed by atoms with Gasteiger partial charge in [-0.25, -0.2) is 4.79 Å². The Balaban J connectivity index is 1.55. The molecule has 3 aliphatic heterocycles. The summed E-state index contributed by atoms with van der Waals surface area (Å²) in [6.07, 6.45) is 30.7. The van der Waals surface area contributed by atoms with Crippen LogP contribution in [0.3, 0.4) is 0 Å². The molecule has 3 aliphatic rings. The summed E-state index contributed by atoms with van der Waals surface area (Å²) in [6, 6.07) is -2.62. The van der Waals surface area contributed by atoms with E-state index in [1.807, 2.05) is 6.08 Å². The van der Waals surface area contributed by atoms with Gasteiger partial charge in [0.25, 0.3) is 5.79 Å². The molecule has 18 unspecified atom stereocenters. The Morgan fingerprint density at radius 3 is 1.37 bits per heavy atom. The van der Waals surface area contributed by atoms with Crippen molar-refractivity contribution in [3.63, 3.8) is 0 Å². The van der Waals surface area contributed by atoms with E-state index in [1.165, 1.54) is 186 Å². The quantitative estimate of drug-likeness (QED) is 0.0199. The normalized spacial score (nSPS) is 27.2. The van der Waals surface area contributed by atoms with Crippen LogP contribution >= 0.6 is 0 Å². The number of aliphatic hydroxyl groups is 11. The molecule has 0 radical (unpaired) electrons. The average molecular weight is 1420 g/mol. The number of rotatable bonds is 61. The Bertz CT molecular complexity index is 2080. The van der Waals surface area contributed by atoms with Gasteiger partial charge in [0.2, 0.25) is 11.8 Å². The molecule has 0 aromatic heterocycles. The lowest BCUT2D eigenvalue weighted by molar-refractivity contribution is -0.386. The summed E-state index contributed by atoms with van der Waals surface area (Å²) < 4.78 is 34.9. The summed E-state index contributed by atoms with van der Waals surface area (Å²) in [5.41, 5.74) is 0. The van der Waals surface area contributed by atoms with E-state index in [0.717, 1.165) is 77.6 Å². The van der Waals surface area contributed by atoms with Crippen molar-refractivity contribution in [2.45, 2.75) is 413 Å². The number of aliphatic hydroxyl groups excluding tert-OH is 11. The zero-order chi connectivity index (χ0) is 72.5. The Hall–Kier alpha value is -2.79. The number of carbonyl (C=O) groups is 3. The molecule has 23 heteroatoms. The van der Waals surface area contributed by atoms with E-state index in [9.17, 15) is 75.7 Å². The molecule has 18 atom stereocenters. The second kappa shape index (κ2) is 55.7. The topological polar surface area (TPSA) is 373 Å². The molecular weight excluding hydrogens is 1280 g/mol. The van der Waals surface area contributed by atoms with E-state index >= 15 is 0 Å². The molecule has 0 aromatic rings. The fourth-order valence-electron chi connectivity index (χ4n) is 13.6. The second-order valence-electron chi connectivity index (χ2n) is 28.6. The highest BCUT2D eigenvalue weighted by atomic mass is 16.8. The molecule has 0 bridgehead atoms. The van der Waals surface area contributed by atoms with Crippen molar-refractivity contribution in [3.05, 3.63) is 24.3 Å². The maximum atomic E-state index is 13.5. The lowest BCUT2D eigenvalue weighted by atomic mass is 9.88. The molecular formula is C76H140N2O21. The maximum Gasteiger partial charge on any atom is 0.364 e. The zero-order valence-corrected chi connectivity index (χ0v) is 61.1. The van der Waals surface area contributed by atoms with Crippen molar-refractivity contribution in [2.24, 2.45) is 0 Å². The van der Waals surface area contributed by atoms with Gasteiger partial charge in [0.05, 0.1) is 50.7 Å². The van der Waals surface area contributed by atoms with Crippen LogP contribution in [0.25, 0.3) is 0 Å². The standard InChI is InChI=1S/C76H140N2O21/c1-4-6-8-10-12-14-16-18-20-22-24-26-28-30-32-34-36-38-40-42-44-46-48-50-63(86)78-57(58(83)49-47-45-43-41-39-37-35-33-31-29-27-25-23-21-19-17-15-13-11-9-7-5-2)55-94-73-68(90)67(89)70(62(54-81)96-73)97-74-69(91)72(66(88)61(53-80)95-74)99-76(75(92)93)51-59(84)64(77-56(3)82)71(98-76)65(87)60(85)52-79/h30,32,47,49,57-62,64-74,79-81,83-85,87-91H,4-29,31,33-46,48,50-55H2,1-3H3,(H,77,82)(H,78,86)(H,92,93)/b32-30-,49-47+. The average Bonchev–Trinajstić information content (AvgIpc) is 0.757. The van der Waals surface area contributed by atoms with Crippen LogP contribution in [0.15, 0.2) is 24.3 Å². The highest BCUT2D eigenvalue weighted by Gasteiger charge is 2.60. The van der Waals surface area contributed by atoms with Gasteiger partial charge in [0, 0.05) is 19.8 Å². The fourth-order valence-corrected chi connectivity index (χ4v) is 13.6. The minimum atomic E-state index is -3.08. The van der Waals surface area contributed by atoms with Crippen LogP contribution in [0.2, 0.25) is 0 Å². The number of allylic oxidation sites excluding steroid dienone is 3. The summed E-state index contributed by atoms with van der Waals surface area (Å²) in [5.74, 6) is -6.14. The Kier molecular flexibility index (Phi) is 50.8. The molecule has 3 saturated heterocycles. The van der Waals surface area contributed by atoms with E-state index in [-0.39, 0.29) is 12.3 Å².